The van der Waals surface area contributed by atoms with Gasteiger partial charge in [-0.2, -0.15) is 0 Å². The molecule has 1 aromatic carbocycles. The molecular formula is C15H17N3O3S. The van der Waals surface area contributed by atoms with E-state index in [1.54, 1.807) is 36.9 Å². The maximum Gasteiger partial charge on any atom is 0.252 e. The first-order valence-corrected chi connectivity index (χ1v) is 7.13. The zero-order chi connectivity index (χ0) is 16.1. The van der Waals surface area contributed by atoms with Crippen molar-refractivity contribution in [1.29, 1.82) is 0 Å². The lowest BCUT2D eigenvalue weighted by atomic mass is 10.1. The minimum atomic E-state index is -0.279. The van der Waals surface area contributed by atoms with E-state index in [0.717, 1.165) is 5.56 Å². The van der Waals surface area contributed by atoms with Gasteiger partial charge in [-0.25, -0.2) is 0 Å². The number of nitrogens with one attached hydrogen (secondary N) is 2. The average molecular weight is 319 g/mol. The van der Waals surface area contributed by atoms with Gasteiger partial charge >= 0.3 is 0 Å². The lowest BCUT2D eigenvalue weighted by molar-refractivity contribution is 0.0963. The van der Waals surface area contributed by atoms with Gasteiger partial charge in [-0.05, 0) is 29.9 Å². The van der Waals surface area contributed by atoms with E-state index >= 15 is 0 Å². The molecule has 7 heteroatoms. The van der Waals surface area contributed by atoms with Gasteiger partial charge in [-0.3, -0.25) is 14.6 Å². The first-order chi connectivity index (χ1) is 10.6. The van der Waals surface area contributed by atoms with E-state index < -0.39 is 0 Å². The number of benzene rings is 1. The quantitative estimate of drug-likeness (QED) is 0.821. The molecule has 0 spiro atoms. The summed E-state index contributed by atoms with van der Waals surface area (Å²) in [4.78, 5) is 26.1. The number of methoxy groups -OCH3 is 1. The molecule has 2 N–H and O–H groups in total. The van der Waals surface area contributed by atoms with Gasteiger partial charge in [0.2, 0.25) is 0 Å². The number of carbonyl (C=O) groups is 1. The molecule has 0 unspecified atom stereocenters. The van der Waals surface area contributed by atoms with Crippen molar-refractivity contribution in [1.82, 2.24) is 14.9 Å². The van der Waals surface area contributed by atoms with Crippen LogP contribution in [0.5, 0.6) is 0 Å². The predicted molar refractivity (Wildman–Crippen MR) is 86.6 cm³/mol. The Bertz CT molecular complexity index is 795. The molecule has 0 aliphatic heterocycles. The number of hydrogen-bond acceptors (Lipinski definition) is 4. The number of H-pyrrole nitrogens is 1. The van der Waals surface area contributed by atoms with Crippen LogP contribution in [0.2, 0.25) is 0 Å². The Kier molecular flexibility index (Phi) is 5.24. The van der Waals surface area contributed by atoms with Crippen LogP contribution in [0.25, 0.3) is 11.3 Å². The standard InChI is InChI=1S/C15H17N3O3S/c1-16-14(20)11-5-3-4-10(8-11)12-9-13(19)17-15(22)18(12)6-7-21-2/h3-5,8-9H,6-7H2,1-2H3,(H,16,20)(H,17,19,22). The molecule has 0 radical (unpaired) electrons. The van der Waals surface area contributed by atoms with Gasteiger partial charge in [0.15, 0.2) is 4.77 Å². The van der Waals surface area contributed by atoms with Crippen LogP contribution in [0.1, 0.15) is 10.4 Å². The Hall–Kier alpha value is -2.25. The maximum atomic E-state index is 11.8. The molecule has 1 heterocycles. The number of amides is 1. The third-order valence-electron chi connectivity index (χ3n) is 3.20. The normalized spacial score (nSPS) is 10.5. The average Bonchev–Trinajstić information content (AvgIpc) is 2.52. The second kappa shape index (κ2) is 7.15. The third kappa shape index (κ3) is 3.49. The van der Waals surface area contributed by atoms with E-state index in [1.807, 2.05) is 6.07 Å². The number of nitrogens with zero attached hydrogens (tertiary/aromatic N) is 1. The number of carbonyl (C=O) groups excluding carboxylic acids is 1. The highest BCUT2D eigenvalue weighted by Crippen LogP contribution is 2.19. The molecule has 0 bridgehead atoms. The number of ether oxygens (including phenoxy) is 1. The summed E-state index contributed by atoms with van der Waals surface area (Å²) < 4.78 is 7.18. The Morgan fingerprint density at radius 1 is 1.41 bits per heavy atom. The van der Waals surface area contributed by atoms with Gasteiger partial charge in [0, 0.05) is 32.3 Å². The molecule has 1 amide bonds. The molecule has 2 aromatic rings. The minimum Gasteiger partial charge on any atom is -0.383 e. The molecule has 116 valence electrons. The fraction of sp³-hybridized carbons (Fsp3) is 0.267. The van der Waals surface area contributed by atoms with Gasteiger partial charge in [-0.15, -0.1) is 0 Å². The summed E-state index contributed by atoms with van der Waals surface area (Å²) >= 11 is 5.22. The van der Waals surface area contributed by atoms with E-state index in [1.165, 1.54) is 6.07 Å². The van der Waals surface area contributed by atoms with Gasteiger partial charge in [0.25, 0.3) is 11.5 Å². The van der Waals surface area contributed by atoms with Crippen LogP contribution in [-0.2, 0) is 11.3 Å². The smallest absolute Gasteiger partial charge is 0.252 e. The fourth-order valence-corrected chi connectivity index (χ4v) is 2.42. The summed E-state index contributed by atoms with van der Waals surface area (Å²) in [5.74, 6) is -0.186. The zero-order valence-electron chi connectivity index (χ0n) is 12.4. The van der Waals surface area contributed by atoms with Crippen molar-refractivity contribution in [3.8, 4) is 11.3 Å². The van der Waals surface area contributed by atoms with Crippen molar-refractivity contribution >= 4 is 18.1 Å². The summed E-state index contributed by atoms with van der Waals surface area (Å²) in [7, 11) is 3.17. The lowest BCUT2D eigenvalue weighted by Crippen LogP contribution is -2.19. The van der Waals surface area contributed by atoms with Crippen molar-refractivity contribution < 1.29 is 9.53 Å². The molecule has 2 rings (SSSR count). The van der Waals surface area contributed by atoms with Crippen LogP contribution < -0.4 is 10.9 Å². The highest BCUT2D eigenvalue weighted by atomic mass is 32.1. The van der Waals surface area contributed by atoms with Crippen molar-refractivity contribution in [2.24, 2.45) is 0 Å². The summed E-state index contributed by atoms with van der Waals surface area (Å²) in [5.41, 5.74) is 1.63. The Balaban J connectivity index is 2.58. The number of aromatic nitrogens is 2. The maximum absolute atomic E-state index is 11.8. The SMILES string of the molecule is CNC(=O)c1cccc(-c2cc(=O)[nH]c(=S)n2CCOC)c1. The minimum absolute atomic E-state index is 0.186. The van der Waals surface area contributed by atoms with Gasteiger partial charge < -0.3 is 14.6 Å². The summed E-state index contributed by atoms with van der Waals surface area (Å²) in [6, 6.07) is 8.51. The fourth-order valence-electron chi connectivity index (χ4n) is 2.13. The summed E-state index contributed by atoms with van der Waals surface area (Å²) in [5, 5.41) is 2.58. The van der Waals surface area contributed by atoms with Crippen LogP contribution in [-0.4, -0.2) is 36.2 Å². The van der Waals surface area contributed by atoms with E-state index in [-0.39, 0.29) is 11.5 Å². The molecule has 0 atom stereocenters. The van der Waals surface area contributed by atoms with E-state index in [9.17, 15) is 9.59 Å². The van der Waals surface area contributed by atoms with Crippen LogP contribution in [0.4, 0.5) is 0 Å². The number of hydrogen-bond donors (Lipinski definition) is 2. The number of aromatic amines is 1. The van der Waals surface area contributed by atoms with Crippen molar-refractivity contribution in [2.75, 3.05) is 20.8 Å². The topological polar surface area (TPSA) is 76.1 Å². The molecule has 0 saturated carbocycles. The zero-order valence-corrected chi connectivity index (χ0v) is 13.2. The molecule has 0 aliphatic rings. The monoisotopic (exact) mass is 319 g/mol. The lowest BCUT2D eigenvalue weighted by Gasteiger charge is -2.13. The predicted octanol–water partition coefficient (Wildman–Crippen LogP) is 1.58. The molecule has 0 fully saturated rings. The second-order valence-corrected chi connectivity index (χ2v) is 5.02. The highest BCUT2D eigenvalue weighted by Gasteiger charge is 2.10. The van der Waals surface area contributed by atoms with Gasteiger partial charge in [-0.1, -0.05) is 12.1 Å². The first-order valence-electron chi connectivity index (χ1n) is 6.72. The molecule has 22 heavy (non-hydrogen) atoms. The van der Waals surface area contributed by atoms with E-state index in [4.69, 9.17) is 17.0 Å². The molecule has 1 aromatic heterocycles. The number of rotatable bonds is 5. The largest absolute Gasteiger partial charge is 0.383 e. The van der Waals surface area contributed by atoms with Gasteiger partial charge in [0.1, 0.15) is 0 Å². The summed E-state index contributed by atoms with van der Waals surface area (Å²) in [6.07, 6.45) is 0. The molecule has 6 nitrogen and oxygen atoms in total. The van der Waals surface area contributed by atoms with Crippen LogP contribution in [0.15, 0.2) is 35.1 Å². The van der Waals surface area contributed by atoms with Crippen molar-refractivity contribution in [3.05, 3.63) is 51.0 Å². The van der Waals surface area contributed by atoms with Gasteiger partial charge in [0.05, 0.1) is 12.3 Å². The van der Waals surface area contributed by atoms with E-state index in [0.29, 0.717) is 29.2 Å². The van der Waals surface area contributed by atoms with Crippen molar-refractivity contribution in [2.45, 2.75) is 6.54 Å². The highest BCUT2D eigenvalue weighted by molar-refractivity contribution is 7.71. The Morgan fingerprint density at radius 2 is 2.18 bits per heavy atom. The second-order valence-electron chi connectivity index (χ2n) is 4.63. The Morgan fingerprint density at radius 3 is 2.86 bits per heavy atom. The first kappa shape index (κ1) is 16.1. The van der Waals surface area contributed by atoms with Crippen LogP contribution in [0.3, 0.4) is 0 Å². The van der Waals surface area contributed by atoms with Crippen molar-refractivity contribution in [3.63, 3.8) is 0 Å². The van der Waals surface area contributed by atoms with E-state index in [2.05, 4.69) is 10.3 Å². The Labute approximate surface area is 132 Å². The third-order valence-corrected chi connectivity index (χ3v) is 3.52. The summed E-state index contributed by atoms with van der Waals surface area (Å²) in [6.45, 7) is 0.966. The van der Waals surface area contributed by atoms with Crippen LogP contribution in [0, 0.1) is 4.77 Å². The molecule has 0 saturated heterocycles. The molecular weight excluding hydrogens is 302 g/mol. The molecule has 0 aliphatic carbocycles. The van der Waals surface area contributed by atoms with Crippen LogP contribution >= 0.6 is 12.2 Å².